The minimum Gasteiger partial charge on any atom is -0.348 e. The molecule has 5 nitrogen and oxygen atoms in total. The van der Waals surface area contributed by atoms with Gasteiger partial charge >= 0.3 is 0 Å². The predicted octanol–water partition coefficient (Wildman–Crippen LogP) is 1.66. The molecule has 0 saturated heterocycles. The van der Waals surface area contributed by atoms with Crippen LogP contribution in [0.1, 0.15) is 15.9 Å². The lowest BCUT2D eigenvalue weighted by atomic mass is 10.2. The number of hydrogen-bond acceptors (Lipinski definition) is 3. The zero-order chi connectivity index (χ0) is 16.2. The molecule has 0 aromatic heterocycles. The molecule has 22 heavy (non-hydrogen) atoms. The van der Waals surface area contributed by atoms with Gasteiger partial charge in [0, 0.05) is 6.54 Å². The second-order valence-electron chi connectivity index (χ2n) is 4.51. The molecule has 0 saturated carbocycles. The lowest BCUT2D eigenvalue weighted by molar-refractivity contribution is 0.0947. The Kier molecular flexibility index (Phi) is 4.89. The first-order valence-corrected chi connectivity index (χ1v) is 7.97. The van der Waals surface area contributed by atoms with E-state index in [1.54, 1.807) is 18.2 Å². The highest BCUT2D eigenvalue weighted by molar-refractivity contribution is 7.89. The molecule has 0 aliphatic heterocycles. The molecule has 2 aromatic carbocycles. The number of halogens is 1. The molecule has 0 radical (unpaired) electrons. The van der Waals surface area contributed by atoms with Crippen LogP contribution in [0.3, 0.4) is 0 Å². The summed E-state index contributed by atoms with van der Waals surface area (Å²) < 4.78 is 38.8. The molecule has 0 bridgehead atoms. The highest BCUT2D eigenvalue weighted by Gasteiger charge is 2.12. The minimum atomic E-state index is -3.48. The molecule has 2 rings (SSSR count). The fourth-order valence-electron chi connectivity index (χ4n) is 1.83. The zero-order valence-electron chi connectivity index (χ0n) is 11.8. The number of hydrogen-bond donors (Lipinski definition) is 2. The van der Waals surface area contributed by atoms with E-state index in [9.17, 15) is 17.6 Å². The van der Waals surface area contributed by atoms with Crippen molar-refractivity contribution < 1.29 is 17.6 Å². The molecular formula is C15H15FN2O3S. The van der Waals surface area contributed by atoms with Crippen LogP contribution >= 0.6 is 0 Å². The van der Waals surface area contributed by atoms with Gasteiger partial charge in [0.25, 0.3) is 5.91 Å². The molecule has 0 heterocycles. The van der Waals surface area contributed by atoms with Gasteiger partial charge in [-0.2, -0.15) is 0 Å². The first-order valence-electron chi connectivity index (χ1n) is 6.49. The molecule has 116 valence electrons. The van der Waals surface area contributed by atoms with E-state index >= 15 is 0 Å². The topological polar surface area (TPSA) is 75.3 Å². The number of nitrogens with one attached hydrogen (secondary N) is 2. The number of carbonyl (C=O) groups is 1. The van der Waals surface area contributed by atoms with E-state index in [4.69, 9.17) is 0 Å². The van der Waals surface area contributed by atoms with Crippen LogP contribution in [-0.2, 0) is 16.6 Å². The Morgan fingerprint density at radius 1 is 1.09 bits per heavy atom. The first kappa shape index (κ1) is 16.1. The standard InChI is InChI=1S/C15H15FN2O3S/c1-17-22(20,21)12-8-6-11(7-9-12)10-18-15(19)13-4-2-3-5-14(13)16/h2-9,17H,10H2,1H3,(H,18,19). The molecule has 0 aliphatic rings. The molecule has 0 spiro atoms. The quantitative estimate of drug-likeness (QED) is 0.879. The summed E-state index contributed by atoms with van der Waals surface area (Å²) in [6.07, 6.45) is 0. The van der Waals surface area contributed by atoms with Crippen molar-refractivity contribution in [2.45, 2.75) is 11.4 Å². The van der Waals surface area contributed by atoms with E-state index in [2.05, 4.69) is 10.0 Å². The Morgan fingerprint density at radius 3 is 2.32 bits per heavy atom. The van der Waals surface area contributed by atoms with Crippen LogP contribution in [0, 0.1) is 5.82 Å². The van der Waals surface area contributed by atoms with Crippen LogP contribution in [0.15, 0.2) is 53.4 Å². The van der Waals surface area contributed by atoms with Crippen molar-refractivity contribution in [3.05, 3.63) is 65.5 Å². The predicted molar refractivity (Wildman–Crippen MR) is 80.3 cm³/mol. The van der Waals surface area contributed by atoms with Gasteiger partial charge in [0.1, 0.15) is 5.82 Å². The molecular weight excluding hydrogens is 307 g/mol. The maximum absolute atomic E-state index is 13.5. The number of rotatable bonds is 5. The fraction of sp³-hybridized carbons (Fsp3) is 0.133. The Balaban J connectivity index is 2.04. The minimum absolute atomic E-state index is 0.0307. The lowest BCUT2D eigenvalue weighted by Gasteiger charge is -2.07. The summed E-state index contributed by atoms with van der Waals surface area (Å²) in [4.78, 5) is 12.0. The van der Waals surface area contributed by atoms with Gasteiger partial charge < -0.3 is 5.32 Å². The fourth-order valence-corrected chi connectivity index (χ4v) is 2.56. The van der Waals surface area contributed by atoms with Crippen molar-refractivity contribution in [1.82, 2.24) is 10.0 Å². The monoisotopic (exact) mass is 322 g/mol. The van der Waals surface area contributed by atoms with Crippen LogP contribution in [0.5, 0.6) is 0 Å². The van der Waals surface area contributed by atoms with Crippen LogP contribution < -0.4 is 10.0 Å². The Labute approximate surface area is 128 Å². The van der Waals surface area contributed by atoms with E-state index in [1.165, 1.54) is 37.4 Å². The van der Waals surface area contributed by atoms with Gasteiger partial charge in [-0.3, -0.25) is 4.79 Å². The summed E-state index contributed by atoms with van der Waals surface area (Å²) in [6, 6.07) is 11.8. The van der Waals surface area contributed by atoms with Crippen molar-refractivity contribution in [3.8, 4) is 0 Å². The van der Waals surface area contributed by atoms with E-state index in [0.29, 0.717) is 5.56 Å². The van der Waals surface area contributed by atoms with Gasteiger partial charge in [0.05, 0.1) is 10.5 Å². The van der Waals surface area contributed by atoms with Gasteiger partial charge in [-0.25, -0.2) is 17.5 Å². The second kappa shape index (κ2) is 6.67. The summed E-state index contributed by atoms with van der Waals surface area (Å²) in [6.45, 7) is 0.174. The largest absolute Gasteiger partial charge is 0.348 e. The zero-order valence-corrected chi connectivity index (χ0v) is 12.7. The maximum Gasteiger partial charge on any atom is 0.254 e. The van der Waals surface area contributed by atoms with Gasteiger partial charge in [-0.05, 0) is 36.9 Å². The number of amides is 1. The third-order valence-corrected chi connectivity index (χ3v) is 4.50. The van der Waals surface area contributed by atoms with Crippen LogP contribution in [0.4, 0.5) is 4.39 Å². The lowest BCUT2D eigenvalue weighted by Crippen LogP contribution is -2.24. The van der Waals surface area contributed by atoms with Gasteiger partial charge in [-0.1, -0.05) is 24.3 Å². The van der Waals surface area contributed by atoms with Crippen molar-refractivity contribution in [1.29, 1.82) is 0 Å². The van der Waals surface area contributed by atoms with E-state index < -0.39 is 21.7 Å². The molecule has 2 aromatic rings. The van der Waals surface area contributed by atoms with Gasteiger partial charge in [0.2, 0.25) is 10.0 Å². The molecule has 2 N–H and O–H groups in total. The molecule has 0 aliphatic carbocycles. The number of benzene rings is 2. The van der Waals surface area contributed by atoms with Crippen LogP contribution in [0.25, 0.3) is 0 Å². The van der Waals surface area contributed by atoms with Crippen LogP contribution in [-0.4, -0.2) is 21.4 Å². The summed E-state index contributed by atoms with van der Waals surface area (Å²) in [5, 5.41) is 2.58. The Morgan fingerprint density at radius 2 is 1.73 bits per heavy atom. The summed E-state index contributed by atoms with van der Waals surface area (Å²) in [5.74, 6) is -1.11. The third kappa shape index (κ3) is 3.69. The summed E-state index contributed by atoms with van der Waals surface area (Å²) in [7, 11) is -2.15. The Hall–Kier alpha value is -2.25. The average Bonchev–Trinajstić information content (AvgIpc) is 2.53. The SMILES string of the molecule is CNS(=O)(=O)c1ccc(CNC(=O)c2ccccc2F)cc1. The van der Waals surface area contributed by atoms with E-state index in [1.807, 2.05) is 0 Å². The van der Waals surface area contributed by atoms with E-state index in [-0.39, 0.29) is 17.0 Å². The maximum atomic E-state index is 13.5. The number of carbonyl (C=O) groups excluding carboxylic acids is 1. The smallest absolute Gasteiger partial charge is 0.254 e. The molecule has 7 heteroatoms. The highest BCUT2D eigenvalue weighted by Crippen LogP contribution is 2.11. The number of sulfonamides is 1. The normalized spacial score (nSPS) is 11.2. The summed E-state index contributed by atoms with van der Waals surface area (Å²) in [5.41, 5.74) is 0.677. The van der Waals surface area contributed by atoms with Crippen molar-refractivity contribution >= 4 is 15.9 Å². The van der Waals surface area contributed by atoms with Gasteiger partial charge in [-0.15, -0.1) is 0 Å². The van der Waals surface area contributed by atoms with Crippen molar-refractivity contribution in [2.75, 3.05) is 7.05 Å². The summed E-state index contributed by atoms with van der Waals surface area (Å²) >= 11 is 0. The van der Waals surface area contributed by atoms with Crippen molar-refractivity contribution in [3.63, 3.8) is 0 Å². The molecule has 0 atom stereocenters. The second-order valence-corrected chi connectivity index (χ2v) is 6.40. The van der Waals surface area contributed by atoms with Crippen molar-refractivity contribution in [2.24, 2.45) is 0 Å². The average molecular weight is 322 g/mol. The Bertz CT molecular complexity index is 774. The van der Waals surface area contributed by atoms with E-state index in [0.717, 1.165) is 0 Å². The molecule has 0 unspecified atom stereocenters. The molecule has 1 amide bonds. The first-order chi connectivity index (χ1) is 10.4. The van der Waals surface area contributed by atoms with Gasteiger partial charge in [0.15, 0.2) is 0 Å². The third-order valence-electron chi connectivity index (χ3n) is 3.07. The highest BCUT2D eigenvalue weighted by atomic mass is 32.2. The van der Waals surface area contributed by atoms with Crippen LogP contribution in [0.2, 0.25) is 0 Å². The molecule has 0 fully saturated rings.